The molecule has 0 spiro atoms. The maximum atomic E-state index is 13.8. The first kappa shape index (κ1) is 17.2. The highest BCUT2D eigenvalue weighted by Crippen LogP contribution is 2.20. The van der Waals surface area contributed by atoms with Crippen molar-refractivity contribution in [3.8, 4) is 0 Å². The zero-order chi connectivity index (χ0) is 16.8. The van der Waals surface area contributed by atoms with Gasteiger partial charge in [-0.2, -0.15) is 0 Å². The van der Waals surface area contributed by atoms with Crippen LogP contribution in [-0.4, -0.2) is 62.8 Å². The summed E-state index contributed by atoms with van der Waals surface area (Å²) in [6.45, 7) is 5.03. The minimum atomic E-state index is -0.199. The molecule has 24 heavy (non-hydrogen) atoms. The molecule has 1 unspecified atom stereocenters. The van der Waals surface area contributed by atoms with Crippen LogP contribution in [0.4, 0.5) is 10.1 Å². The summed E-state index contributed by atoms with van der Waals surface area (Å²) in [5.74, 6) is -0.0290. The molecular weight excluding hydrogens is 309 g/mol. The predicted molar refractivity (Wildman–Crippen MR) is 91.7 cm³/mol. The molecule has 5 nitrogen and oxygen atoms in total. The Kier molecular flexibility index (Phi) is 6.04. The van der Waals surface area contributed by atoms with E-state index in [1.807, 2.05) is 15.9 Å². The van der Waals surface area contributed by atoms with Gasteiger partial charge >= 0.3 is 0 Å². The van der Waals surface area contributed by atoms with Crippen LogP contribution in [-0.2, 0) is 9.53 Å². The van der Waals surface area contributed by atoms with E-state index in [1.54, 1.807) is 12.1 Å². The second kappa shape index (κ2) is 8.44. The van der Waals surface area contributed by atoms with Crippen molar-refractivity contribution in [2.75, 3.05) is 50.8 Å². The van der Waals surface area contributed by atoms with Crippen LogP contribution in [0.5, 0.6) is 0 Å². The van der Waals surface area contributed by atoms with Crippen LogP contribution in [0.1, 0.15) is 19.3 Å². The minimum absolute atomic E-state index is 0.169. The van der Waals surface area contributed by atoms with Gasteiger partial charge in [-0.3, -0.25) is 4.79 Å². The second-order valence-electron chi connectivity index (χ2n) is 6.41. The molecule has 1 amide bonds. The number of carbonyl (C=O) groups excluding carboxylic acids is 1. The first-order chi connectivity index (χ1) is 11.7. The van der Waals surface area contributed by atoms with Gasteiger partial charge in [0.2, 0.25) is 5.91 Å². The van der Waals surface area contributed by atoms with Crippen molar-refractivity contribution < 1.29 is 13.9 Å². The van der Waals surface area contributed by atoms with E-state index < -0.39 is 0 Å². The summed E-state index contributed by atoms with van der Waals surface area (Å²) in [6.07, 6.45) is 3.06. The number of carbonyl (C=O) groups is 1. The molecule has 0 saturated carbocycles. The number of hydrogen-bond donors (Lipinski definition) is 1. The van der Waals surface area contributed by atoms with Crippen molar-refractivity contribution in [3.05, 3.63) is 30.1 Å². The molecule has 0 bridgehead atoms. The Bertz CT molecular complexity index is 541. The molecule has 6 heteroatoms. The lowest BCUT2D eigenvalue weighted by atomic mass is 10.2. The van der Waals surface area contributed by atoms with Crippen LogP contribution in [0.2, 0.25) is 0 Å². The summed E-state index contributed by atoms with van der Waals surface area (Å²) in [6, 6.07) is 6.81. The molecule has 2 aliphatic rings. The molecule has 2 fully saturated rings. The SMILES string of the molecule is O=C(CCNCC1CCCO1)N1CCN(c2ccccc2F)CC1. The maximum Gasteiger partial charge on any atom is 0.223 e. The lowest BCUT2D eigenvalue weighted by Gasteiger charge is -2.36. The first-order valence-electron chi connectivity index (χ1n) is 8.83. The standard InChI is InChI=1S/C18H26FN3O2/c19-16-5-1-2-6-17(16)21-9-11-22(12-10-21)18(23)7-8-20-14-15-4-3-13-24-15/h1-2,5-6,15,20H,3-4,7-14H2. The third-order valence-corrected chi connectivity index (χ3v) is 4.74. The average Bonchev–Trinajstić information content (AvgIpc) is 3.13. The van der Waals surface area contributed by atoms with E-state index in [1.165, 1.54) is 6.07 Å². The largest absolute Gasteiger partial charge is 0.377 e. The molecule has 2 saturated heterocycles. The molecule has 0 aromatic heterocycles. The number of ether oxygens (including phenoxy) is 1. The van der Waals surface area contributed by atoms with Crippen molar-refractivity contribution in [1.29, 1.82) is 0 Å². The summed E-state index contributed by atoms with van der Waals surface area (Å²) in [7, 11) is 0. The monoisotopic (exact) mass is 335 g/mol. The normalized spacial score (nSPS) is 21.3. The van der Waals surface area contributed by atoms with E-state index in [9.17, 15) is 9.18 Å². The number of rotatable bonds is 6. The number of amides is 1. The number of piperazine rings is 1. The smallest absolute Gasteiger partial charge is 0.223 e. The highest BCUT2D eigenvalue weighted by molar-refractivity contribution is 5.76. The number of anilines is 1. The molecule has 1 aromatic carbocycles. The van der Waals surface area contributed by atoms with Crippen LogP contribution < -0.4 is 10.2 Å². The summed E-state index contributed by atoms with van der Waals surface area (Å²) in [5, 5.41) is 3.31. The molecule has 0 aliphatic carbocycles. The summed E-state index contributed by atoms with van der Waals surface area (Å²) in [5.41, 5.74) is 0.628. The number of halogens is 1. The molecular formula is C18H26FN3O2. The Morgan fingerprint density at radius 2 is 2.04 bits per heavy atom. The Morgan fingerprint density at radius 3 is 2.75 bits per heavy atom. The van der Waals surface area contributed by atoms with Gasteiger partial charge in [-0.05, 0) is 25.0 Å². The Hall–Kier alpha value is -1.66. The Labute approximate surface area is 142 Å². The molecule has 2 heterocycles. The Balaban J connectivity index is 1.36. The van der Waals surface area contributed by atoms with Crippen molar-refractivity contribution >= 4 is 11.6 Å². The number of benzene rings is 1. The van der Waals surface area contributed by atoms with E-state index in [0.29, 0.717) is 50.9 Å². The van der Waals surface area contributed by atoms with Gasteiger partial charge in [0.05, 0.1) is 11.8 Å². The molecule has 0 radical (unpaired) electrons. The average molecular weight is 335 g/mol. The van der Waals surface area contributed by atoms with Gasteiger partial charge in [0, 0.05) is 52.3 Å². The van der Waals surface area contributed by atoms with Crippen LogP contribution in [0.15, 0.2) is 24.3 Å². The highest BCUT2D eigenvalue weighted by atomic mass is 19.1. The van der Waals surface area contributed by atoms with Crippen LogP contribution in [0.25, 0.3) is 0 Å². The van der Waals surface area contributed by atoms with Gasteiger partial charge in [-0.25, -0.2) is 4.39 Å². The minimum Gasteiger partial charge on any atom is -0.377 e. The molecule has 132 valence electrons. The van der Waals surface area contributed by atoms with Crippen LogP contribution >= 0.6 is 0 Å². The van der Waals surface area contributed by atoms with Crippen molar-refractivity contribution in [3.63, 3.8) is 0 Å². The number of hydrogen-bond acceptors (Lipinski definition) is 4. The van der Waals surface area contributed by atoms with Gasteiger partial charge in [0.25, 0.3) is 0 Å². The van der Waals surface area contributed by atoms with Crippen LogP contribution in [0.3, 0.4) is 0 Å². The van der Waals surface area contributed by atoms with E-state index in [0.717, 1.165) is 26.0 Å². The van der Waals surface area contributed by atoms with Gasteiger partial charge < -0.3 is 19.9 Å². The van der Waals surface area contributed by atoms with E-state index >= 15 is 0 Å². The van der Waals surface area contributed by atoms with Crippen LogP contribution in [0, 0.1) is 5.82 Å². The summed E-state index contributed by atoms with van der Waals surface area (Å²) >= 11 is 0. The molecule has 1 atom stereocenters. The zero-order valence-electron chi connectivity index (χ0n) is 14.0. The summed E-state index contributed by atoms with van der Waals surface area (Å²) < 4.78 is 19.4. The van der Waals surface area contributed by atoms with E-state index in [2.05, 4.69) is 5.32 Å². The molecule has 1 aromatic rings. The van der Waals surface area contributed by atoms with Gasteiger partial charge in [0.15, 0.2) is 0 Å². The fourth-order valence-corrected chi connectivity index (χ4v) is 3.33. The Morgan fingerprint density at radius 1 is 1.25 bits per heavy atom. The van der Waals surface area contributed by atoms with Crippen molar-refractivity contribution in [1.82, 2.24) is 10.2 Å². The number of para-hydroxylation sites is 1. The lowest BCUT2D eigenvalue weighted by Crippen LogP contribution is -2.49. The summed E-state index contributed by atoms with van der Waals surface area (Å²) in [4.78, 5) is 16.2. The highest BCUT2D eigenvalue weighted by Gasteiger charge is 2.22. The number of nitrogens with zero attached hydrogens (tertiary/aromatic N) is 2. The fourth-order valence-electron chi connectivity index (χ4n) is 3.33. The van der Waals surface area contributed by atoms with Gasteiger partial charge in [-0.15, -0.1) is 0 Å². The maximum absolute atomic E-state index is 13.8. The zero-order valence-corrected chi connectivity index (χ0v) is 14.0. The topological polar surface area (TPSA) is 44.8 Å². The number of nitrogens with one attached hydrogen (secondary N) is 1. The third kappa shape index (κ3) is 4.45. The van der Waals surface area contributed by atoms with E-state index in [-0.39, 0.29) is 11.7 Å². The molecule has 2 aliphatic heterocycles. The third-order valence-electron chi connectivity index (χ3n) is 4.74. The van der Waals surface area contributed by atoms with Gasteiger partial charge in [-0.1, -0.05) is 12.1 Å². The first-order valence-corrected chi connectivity index (χ1v) is 8.83. The van der Waals surface area contributed by atoms with Gasteiger partial charge in [0.1, 0.15) is 5.82 Å². The van der Waals surface area contributed by atoms with Crippen molar-refractivity contribution in [2.45, 2.75) is 25.4 Å². The molecule has 1 N–H and O–H groups in total. The quantitative estimate of drug-likeness (QED) is 0.803. The van der Waals surface area contributed by atoms with E-state index in [4.69, 9.17) is 4.74 Å². The lowest BCUT2D eigenvalue weighted by molar-refractivity contribution is -0.131. The fraction of sp³-hybridized carbons (Fsp3) is 0.611. The van der Waals surface area contributed by atoms with Crippen molar-refractivity contribution in [2.24, 2.45) is 0 Å². The predicted octanol–water partition coefficient (Wildman–Crippen LogP) is 1.63. The second-order valence-corrected chi connectivity index (χ2v) is 6.41. The molecule has 3 rings (SSSR count).